The molecule has 1 atom stereocenters. The number of aryl methyl sites for hydroxylation is 1. The summed E-state index contributed by atoms with van der Waals surface area (Å²) in [5, 5.41) is 1.87. The molecule has 1 aliphatic rings. The molecular formula is C11H18N2O2S2. The molecule has 0 amide bonds. The smallest absolute Gasteiger partial charge is 0.244 e. The van der Waals surface area contributed by atoms with Crippen molar-refractivity contribution in [2.45, 2.75) is 31.7 Å². The SMILES string of the molecule is Cc1csc(CN)c1S(=O)(=O)N1CCC(C)C1. The Balaban J connectivity index is 2.41. The van der Waals surface area contributed by atoms with E-state index in [1.165, 1.54) is 11.3 Å². The van der Waals surface area contributed by atoms with E-state index >= 15 is 0 Å². The molecule has 6 heteroatoms. The van der Waals surface area contributed by atoms with Gasteiger partial charge in [0.1, 0.15) is 4.90 Å². The van der Waals surface area contributed by atoms with Crippen LogP contribution in [-0.2, 0) is 16.6 Å². The van der Waals surface area contributed by atoms with Gasteiger partial charge in [-0.1, -0.05) is 6.92 Å². The van der Waals surface area contributed by atoms with Crippen LogP contribution in [-0.4, -0.2) is 25.8 Å². The Morgan fingerprint density at radius 3 is 2.82 bits per heavy atom. The fourth-order valence-corrected chi connectivity index (χ4v) is 5.44. The van der Waals surface area contributed by atoms with Crippen molar-refractivity contribution in [3.8, 4) is 0 Å². The predicted molar refractivity (Wildman–Crippen MR) is 69.5 cm³/mol. The second-order valence-electron chi connectivity index (χ2n) is 4.63. The molecule has 2 N–H and O–H groups in total. The van der Waals surface area contributed by atoms with Gasteiger partial charge in [0.15, 0.2) is 0 Å². The molecule has 17 heavy (non-hydrogen) atoms. The third kappa shape index (κ3) is 2.27. The normalized spacial score (nSPS) is 22.2. The third-order valence-electron chi connectivity index (χ3n) is 3.16. The summed E-state index contributed by atoms with van der Waals surface area (Å²) in [5.74, 6) is 0.449. The molecule has 1 aromatic heterocycles. The van der Waals surface area contributed by atoms with Crippen molar-refractivity contribution in [2.75, 3.05) is 13.1 Å². The molecule has 0 saturated carbocycles. The first-order valence-electron chi connectivity index (χ1n) is 5.74. The van der Waals surface area contributed by atoms with Crippen LogP contribution in [0.4, 0.5) is 0 Å². The third-order valence-corrected chi connectivity index (χ3v) is 6.51. The summed E-state index contributed by atoms with van der Waals surface area (Å²) in [6, 6.07) is 0. The molecular weight excluding hydrogens is 256 g/mol. The average molecular weight is 274 g/mol. The van der Waals surface area contributed by atoms with Gasteiger partial charge < -0.3 is 5.73 Å². The van der Waals surface area contributed by atoms with E-state index in [0.29, 0.717) is 23.9 Å². The zero-order valence-corrected chi connectivity index (χ0v) is 11.8. The summed E-state index contributed by atoms with van der Waals surface area (Å²) in [6.45, 7) is 5.46. The number of nitrogens with zero attached hydrogens (tertiary/aromatic N) is 1. The average Bonchev–Trinajstić information content (AvgIpc) is 2.84. The van der Waals surface area contributed by atoms with Crippen LogP contribution in [0.1, 0.15) is 23.8 Å². The van der Waals surface area contributed by atoms with Gasteiger partial charge in [0, 0.05) is 24.5 Å². The fraction of sp³-hybridized carbons (Fsp3) is 0.636. The van der Waals surface area contributed by atoms with Crippen molar-refractivity contribution in [3.63, 3.8) is 0 Å². The summed E-state index contributed by atoms with van der Waals surface area (Å²) < 4.78 is 26.6. The van der Waals surface area contributed by atoms with Gasteiger partial charge in [0.25, 0.3) is 0 Å². The molecule has 1 saturated heterocycles. The number of rotatable bonds is 3. The number of hydrogen-bond donors (Lipinski definition) is 1. The van der Waals surface area contributed by atoms with Gasteiger partial charge in [-0.3, -0.25) is 0 Å². The highest BCUT2D eigenvalue weighted by molar-refractivity contribution is 7.89. The Bertz CT molecular complexity index is 508. The molecule has 1 aliphatic heterocycles. The van der Waals surface area contributed by atoms with Gasteiger partial charge in [-0.15, -0.1) is 11.3 Å². The Kier molecular flexibility index (Phi) is 3.58. The zero-order chi connectivity index (χ0) is 12.6. The zero-order valence-electron chi connectivity index (χ0n) is 10.1. The molecule has 96 valence electrons. The minimum Gasteiger partial charge on any atom is -0.326 e. The molecule has 0 aromatic carbocycles. The highest BCUT2D eigenvalue weighted by Gasteiger charge is 2.33. The second-order valence-corrected chi connectivity index (χ2v) is 7.47. The summed E-state index contributed by atoms with van der Waals surface area (Å²) in [6.07, 6.45) is 0.945. The van der Waals surface area contributed by atoms with Gasteiger partial charge in [0.05, 0.1) is 0 Å². The number of sulfonamides is 1. The molecule has 0 bridgehead atoms. The minimum absolute atomic E-state index is 0.288. The van der Waals surface area contributed by atoms with E-state index in [2.05, 4.69) is 6.92 Å². The van der Waals surface area contributed by atoms with Gasteiger partial charge in [-0.25, -0.2) is 8.42 Å². The van der Waals surface area contributed by atoms with E-state index in [1.807, 2.05) is 12.3 Å². The molecule has 0 aliphatic carbocycles. The molecule has 2 rings (SSSR count). The number of hydrogen-bond acceptors (Lipinski definition) is 4. The molecule has 2 heterocycles. The summed E-state index contributed by atoms with van der Waals surface area (Å²) in [5.41, 5.74) is 6.43. The lowest BCUT2D eigenvalue weighted by Gasteiger charge is -2.17. The van der Waals surface area contributed by atoms with Crippen molar-refractivity contribution in [1.29, 1.82) is 0 Å². The lowest BCUT2D eigenvalue weighted by Crippen LogP contribution is -2.29. The van der Waals surface area contributed by atoms with Crippen molar-refractivity contribution < 1.29 is 8.42 Å². The number of thiophene rings is 1. The molecule has 1 fully saturated rings. The van der Waals surface area contributed by atoms with E-state index in [0.717, 1.165) is 16.9 Å². The van der Waals surface area contributed by atoms with Crippen LogP contribution in [0, 0.1) is 12.8 Å². The first-order chi connectivity index (χ1) is 7.96. The van der Waals surface area contributed by atoms with Gasteiger partial charge in [-0.2, -0.15) is 4.31 Å². The highest BCUT2D eigenvalue weighted by Crippen LogP contribution is 2.31. The van der Waals surface area contributed by atoms with Crippen LogP contribution in [0.2, 0.25) is 0 Å². The van der Waals surface area contributed by atoms with Crippen LogP contribution < -0.4 is 5.73 Å². The van der Waals surface area contributed by atoms with Crippen LogP contribution in [0.5, 0.6) is 0 Å². The minimum atomic E-state index is -3.34. The van der Waals surface area contributed by atoms with Crippen molar-refractivity contribution >= 4 is 21.4 Å². The summed E-state index contributed by atoms with van der Waals surface area (Å²) in [7, 11) is -3.34. The maximum absolute atomic E-state index is 12.5. The van der Waals surface area contributed by atoms with Crippen LogP contribution >= 0.6 is 11.3 Å². The maximum atomic E-state index is 12.5. The maximum Gasteiger partial charge on any atom is 0.244 e. The van der Waals surface area contributed by atoms with E-state index < -0.39 is 10.0 Å². The van der Waals surface area contributed by atoms with Crippen molar-refractivity contribution in [2.24, 2.45) is 11.7 Å². The van der Waals surface area contributed by atoms with E-state index in [9.17, 15) is 8.42 Å². The fourth-order valence-electron chi connectivity index (χ4n) is 2.22. The predicted octanol–water partition coefficient (Wildman–Crippen LogP) is 1.55. The quantitative estimate of drug-likeness (QED) is 0.909. The van der Waals surface area contributed by atoms with Crippen LogP contribution in [0.3, 0.4) is 0 Å². The summed E-state index contributed by atoms with van der Waals surface area (Å²) >= 11 is 1.43. The Hall–Kier alpha value is -0.430. The molecule has 0 spiro atoms. The van der Waals surface area contributed by atoms with Crippen LogP contribution in [0.25, 0.3) is 0 Å². The van der Waals surface area contributed by atoms with E-state index in [4.69, 9.17) is 5.73 Å². The first kappa shape index (κ1) is 13.0. The van der Waals surface area contributed by atoms with E-state index in [1.54, 1.807) is 4.31 Å². The molecule has 1 unspecified atom stereocenters. The topological polar surface area (TPSA) is 63.4 Å². The lowest BCUT2D eigenvalue weighted by molar-refractivity contribution is 0.463. The highest BCUT2D eigenvalue weighted by atomic mass is 32.2. The molecule has 1 aromatic rings. The lowest BCUT2D eigenvalue weighted by atomic mass is 10.2. The van der Waals surface area contributed by atoms with Gasteiger partial charge in [-0.05, 0) is 30.2 Å². The van der Waals surface area contributed by atoms with E-state index in [-0.39, 0.29) is 6.54 Å². The Morgan fingerprint density at radius 1 is 1.59 bits per heavy atom. The largest absolute Gasteiger partial charge is 0.326 e. The van der Waals surface area contributed by atoms with Crippen molar-refractivity contribution in [1.82, 2.24) is 4.31 Å². The molecule has 4 nitrogen and oxygen atoms in total. The van der Waals surface area contributed by atoms with Crippen LogP contribution in [0.15, 0.2) is 10.3 Å². The van der Waals surface area contributed by atoms with Gasteiger partial charge >= 0.3 is 0 Å². The number of nitrogens with two attached hydrogens (primary N) is 1. The monoisotopic (exact) mass is 274 g/mol. The second kappa shape index (κ2) is 4.68. The Labute approximate surface area is 106 Å². The standard InChI is InChI=1S/C11H18N2O2S2/c1-8-3-4-13(6-8)17(14,15)11-9(2)7-16-10(11)5-12/h7-8H,3-6,12H2,1-2H3. The van der Waals surface area contributed by atoms with Gasteiger partial charge in [0.2, 0.25) is 10.0 Å². The summed E-state index contributed by atoms with van der Waals surface area (Å²) in [4.78, 5) is 1.21. The van der Waals surface area contributed by atoms with Crippen molar-refractivity contribution in [3.05, 3.63) is 15.8 Å². The first-order valence-corrected chi connectivity index (χ1v) is 8.06. The Morgan fingerprint density at radius 2 is 2.29 bits per heavy atom. The molecule has 0 radical (unpaired) electrons.